The van der Waals surface area contributed by atoms with Gasteiger partial charge in [-0.3, -0.25) is 0 Å². The number of nitrogens with zero attached hydrogens (tertiary/aromatic N) is 1. The van der Waals surface area contributed by atoms with Crippen LogP contribution in [0, 0.1) is 11.8 Å². The maximum absolute atomic E-state index is 13.7. The normalized spacial score (nSPS) is 23.8. The molecule has 2 heterocycles. The number of aliphatic hydroxyl groups excluding tert-OH is 1. The van der Waals surface area contributed by atoms with Gasteiger partial charge in [0.25, 0.3) is 0 Å². The molecule has 6 atom stereocenters. The molecule has 12 heteroatoms. The van der Waals surface area contributed by atoms with Crippen LogP contribution in [0.3, 0.4) is 0 Å². The van der Waals surface area contributed by atoms with Crippen LogP contribution in [0.5, 0.6) is 5.75 Å². The van der Waals surface area contributed by atoms with E-state index in [-0.39, 0.29) is 42.3 Å². The number of aliphatic hydroxyl groups is 1. The fraction of sp³-hybridized carbons (Fsp3) is 0.567. The Hall–Kier alpha value is -2.74. The van der Waals surface area contributed by atoms with E-state index in [1.165, 1.54) is 23.5 Å². The van der Waals surface area contributed by atoms with Crippen molar-refractivity contribution in [1.29, 1.82) is 0 Å². The van der Waals surface area contributed by atoms with Crippen LogP contribution in [-0.4, -0.2) is 95.1 Å². The first-order valence-electron chi connectivity index (χ1n) is 14.2. The fourth-order valence-electron chi connectivity index (χ4n) is 5.40. The van der Waals surface area contributed by atoms with Crippen LogP contribution in [0.2, 0.25) is 0 Å². The lowest BCUT2D eigenvalue weighted by atomic mass is 9.93. The molecule has 42 heavy (non-hydrogen) atoms. The van der Waals surface area contributed by atoms with Gasteiger partial charge in [0.2, 0.25) is 10.0 Å². The average Bonchev–Trinajstić information content (AvgIpc) is 3.41. The van der Waals surface area contributed by atoms with E-state index in [0.717, 1.165) is 5.56 Å². The zero-order chi connectivity index (χ0) is 30.3. The zero-order valence-electron chi connectivity index (χ0n) is 24.5. The van der Waals surface area contributed by atoms with Crippen molar-refractivity contribution in [2.75, 3.05) is 40.5 Å². The van der Waals surface area contributed by atoms with Gasteiger partial charge in [-0.05, 0) is 42.2 Å². The molecule has 2 aliphatic rings. The van der Waals surface area contributed by atoms with E-state index in [2.05, 4.69) is 5.32 Å². The number of carbonyl (C=O) groups is 1. The SMILES string of the molecule is COc1ccc(S(=O)(=O)N(CC(C)C)C[C@@H](O)[C@H](Cc2ccccc2)NC(=O)O[C@H]2CCO[C@H]3OC[C@@H](OC)[C@H]32)cc1. The summed E-state index contributed by atoms with van der Waals surface area (Å²) in [6, 6.07) is 14.7. The molecular weight excluding hydrogens is 564 g/mol. The number of sulfonamides is 1. The van der Waals surface area contributed by atoms with Crippen molar-refractivity contribution in [3.05, 3.63) is 60.2 Å². The minimum absolute atomic E-state index is 0.0143. The Morgan fingerprint density at radius 3 is 2.40 bits per heavy atom. The summed E-state index contributed by atoms with van der Waals surface area (Å²) >= 11 is 0. The van der Waals surface area contributed by atoms with Crippen molar-refractivity contribution in [1.82, 2.24) is 9.62 Å². The number of carbonyl (C=O) groups excluding carboxylic acids is 1. The van der Waals surface area contributed by atoms with E-state index in [9.17, 15) is 18.3 Å². The van der Waals surface area contributed by atoms with Gasteiger partial charge in [-0.25, -0.2) is 13.2 Å². The second-order valence-corrected chi connectivity index (χ2v) is 13.0. The number of benzene rings is 2. The van der Waals surface area contributed by atoms with Gasteiger partial charge in [0.1, 0.15) is 11.9 Å². The third kappa shape index (κ3) is 8.00. The Morgan fingerprint density at radius 1 is 1.05 bits per heavy atom. The summed E-state index contributed by atoms with van der Waals surface area (Å²) in [6.45, 7) is 4.47. The molecule has 2 N–H and O–H groups in total. The van der Waals surface area contributed by atoms with E-state index in [1.807, 2.05) is 44.2 Å². The number of nitrogens with one attached hydrogen (secondary N) is 1. The fourth-order valence-corrected chi connectivity index (χ4v) is 7.02. The van der Waals surface area contributed by atoms with E-state index in [0.29, 0.717) is 25.4 Å². The molecule has 0 radical (unpaired) electrons. The molecule has 2 aromatic rings. The third-order valence-electron chi connectivity index (χ3n) is 7.57. The standard InChI is InChI=1S/C30H42N2O9S/c1-20(2)17-32(42(35,36)23-12-10-22(37-3)11-13-23)18-25(33)24(16-21-8-6-5-7-9-21)31-30(34)41-26-14-15-39-29-28(26)27(38-4)19-40-29/h5-13,20,24-29,33H,14-19H2,1-4H3,(H,31,34)/t24-,25+,26-,27+,28+,29-/m0/s1. The average molecular weight is 607 g/mol. The molecule has 232 valence electrons. The molecule has 4 rings (SSSR count). The molecule has 2 fully saturated rings. The Bertz CT molecular complexity index is 1240. The van der Waals surface area contributed by atoms with Crippen molar-refractivity contribution >= 4 is 16.1 Å². The zero-order valence-corrected chi connectivity index (χ0v) is 25.4. The number of hydrogen-bond donors (Lipinski definition) is 2. The summed E-state index contributed by atoms with van der Waals surface area (Å²) in [5, 5.41) is 14.3. The molecule has 2 aliphatic heterocycles. The molecule has 0 unspecified atom stereocenters. The Kier molecular flexibility index (Phi) is 11.2. The number of fused-ring (bicyclic) bond motifs is 1. The summed E-state index contributed by atoms with van der Waals surface area (Å²) in [5.41, 5.74) is 0.866. The minimum atomic E-state index is -3.96. The molecule has 0 saturated carbocycles. The van der Waals surface area contributed by atoms with E-state index in [1.54, 1.807) is 19.2 Å². The molecule has 11 nitrogen and oxygen atoms in total. The second-order valence-electron chi connectivity index (χ2n) is 11.1. The van der Waals surface area contributed by atoms with Crippen LogP contribution in [0.25, 0.3) is 0 Å². The van der Waals surface area contributed by atoms with E-state index >= 15 is 0 Å². The van der Waals surface area contributed by atoms with Crippen LogP contribution >= 0.6 is 0 Å². The summed E-state index contributed by atoms with van der Waals surface area (Å²) in [7, 11) is -0.872. The van der Waals surface area contributed by atoms with E-state index in [4.69, 9.17) is 23.7 Å². The number of alkyl carbamates (subject to hydrolysis) is 1. The summed E-state index contributed by atoms with van der Waals surface area (Å²) < 4.78 is 56.4. The predicted octanol–water partition coefficient (Wildman–Crippen LogP) is 2.82. The van der Waals surface area contributed by atoms with Gasteiger partial charge in [0, 0.05) is 26.6 Å². The maximum Gasteiger partial charge on any atom is 0.407 e. The molecule has 0 bridgehead atoms. The van der Waals surface area contributed by atoms with Crippen molar-refractivity contribution in [3.8, 4) is 5.75 Å². The largest absolute Gasteiger partial charge is 0.497 e. The quantitative estimate of drug-likeness (QED) is 0.353. The van der Waals surface area contributed by atoms with Gasteiger partial charge in [-0.15, -0.1) is 0 Å². The Labute approximate surface area is 248 Å². The Balaban J connectivity index is 1.52. The highest BCUT2D eigenvalue weighted by molar-refractivity contribution is 7.89. The van der Waals surface area contributed by atoms with Crippen molar-refractivity contribution in [3.63, 3.8) is 0 Å². The smallest absolute Gasteiger partial charge is 0.407 e. The molecule has 0 aromatic heterocycles. The van der Waals surface area contributed by atoms with Crippen LogP contribution in [0.1, 0.15) is 25.8 Å². The number of amides is 1. The molecule has 0 spiro atoms. The van der Waals surface area contributed by atoms with Crippen molar-refractivity contribution < 1.29 is 42.0 Å². The van der Waals surface area contributed by atoms with Gasteiger partial charge in [-0.1, -0.05) is 44.2 Å². The molecular formula is C30H42N2O9S. The lowest BCUT2D eigenvalue weighted by Crippen LogP contribution is -2.52. The number of rotatable bonds is 13. The van der Waals surface area contributed by atoms with Crippen LogP contribution in [0.15, 0.2) is 59.5 Å². The third-order valence-corrected chi connectivity index (χ3v) is 9.41. The molecule has 2 saturated heterocycles. The van der Waals surface area contributed by atoms with Crippen molar-refractivity contribution in [2.45, 2.75) is 62.2 Å². The van der Waals surface area contributed by atoms with Gasteiger partial charge >= 0.3 is 6.09 Å². The number of ether oxygens (including phenoxy) is 5. The first kappa shape index (κ1) is 32.2. The summed E-state index contributed by atoms with van der Waals surface area (Å²) in [4.78, 5) is 13.3. The van der Waals surface area contributed by atoms with Gasteiger partial charge in [0.05, 0.1) is 49.4 Å². The van der Waals surface area contributed by atoms with Crippen LogP contribution in [-0.2, 0) is 35.4 Å². The van der Waals surface area contributed by atoms with Gasteiger partial charge < -0.3 is 34.1 Å². The first-order valence-corrected chi connectivity index (χ1v) is 15.7. The predicted molar refractivity (Wildman–Crippen MR) is 155 cm³/mol. The van der Waals surface area contributed by atoms with Crippen molar-refractivity contribution in [2.24, 2.45) is 11.8 Å². The lowest BCUT2D eigenvalue weighted by Gasteiger charge is -2.35. The van der Waals surface area contributed by atoms with Gasteiger partial charge in [-0.2, -0.15) is 4.31 Å². The number of methoxy groups -OCH3 is 2. The van der Waals surface area contributed by atoms with Gasteiger partial charge in [0.15, 0.2) is 6.29 Å². The highest BCUT2D eigenvalue weighted by Gasteiger charge is 2.48. The highest BCUT2D eigenvalue weighted by atomic mass is 32.2. The second kappa shape index (κ2) is 14.6. The molecule has 1 amide bonds. The number of hydrogen-bond acceptors (Lipinski definition) is 9. The summed E-state index contributed by atoms with van der Waals surface area (Å²) in [6.07, 6.45) is -2.50. The van der Waals surface area contributed by atoms with Crippen LogP contribution < -0.4 is 10.1 Å². The van der Waals surface area contributed by atoms with Crippen LogP contribution in [0.4, 0.5) is 4.79 Å². The first-order chi connectivity index (χ1) is 20.1. The highest BCUT2D eigenvalue weighted by Crippen LogP contribution is 2.34. The maximum atomic E-state index is 13.7. The lowest BCUT2D eigenvalue weighted by molar-refractivity contribution is -0.184. The topological polar surface area (TPSA) is 133 Å². The molecule has 0 aliphatic carbocycles. The minimum Gasteiger partial charge on any atom is -0.497 e. The summed E-state index contributed by atoms with van der Waals surface area (Å²) in [5.74, 6) is 0.245. The monoisotopic (exact) mass is 606 g/mol. The van der Waals surface area contributed by atoms with E-state index < -0.39 is 40.7 Å². The molecule has 2 aromatic carbocycles. The Morgan fingerprint density at radius 2 is 1.76 bits per heavy atom.